The zero-order chi connectivity index (χ0) is 20.2. The normalized spacial score (nSPS) is 19.5. The number of anilines is 1. The van der Waals surface area contributed by atoms with Crippen LogP contribution in [-0.4, -0.2) is 15.9 Å². The van der Waals surface area contributed by atoms with Crippen LogP contribution in [0.2, 0.25) is 0 Å². The highest BCUT2D eigenvalue weighted by Crippen LogP contribution is 2.53. The number of aliphatic hydroxyl groups is 1. The minimum atomic E-state index is -2.07. The first-order chi connectivity index (χ1) is 13.3. The third-order valence-corrected chi connectivity index (χ3v) is 4.60. The molecule has 4 rings (SSSR count). The van der Waals surface area contributed by atoms with Gasteiger partial charge in [0.25, 0.3) is 5.69 Å². The van der Waals surface area contributed by atoms with Crippen LogP contribution in [0.5, 0.6) is 5.75 Å². The van der Waals surface area contributed by atoms with E-state index in [-0.39, 0.29) is 28.5 Å². The van der Waals surface area contributed by atoms with Gasteiger partial charge >= 0.3 is 0 Å². The molecule has 1 aromatic heterocycles. The van der Waals surface area contributed by atoms with E-state index in [0.29, 0.717) is 0 Å². The number of nitriles is 1. The van der Waals surface area contributed by atoms with Gasteiger partial charge in [0, 0.05) is 29.4 Å². The molecule has 0 saturated heterocycles. The highest BCUT2D eigenvalue weighted by atomic mass is 16.6. The fourth-order valence-corrected chi connectivity index (χ4v) is 3.43. The summed E-state index contributed by atoms with van der Waals surface area (Å²) in [5.41, 5.74) is 2.44. The molecular weight excluding hydrogens is 372 g/mol. The largest absolute Gasteiger partial charge is 0.457 e. The number of carbonyl (C=O) groups excluding carboxylic acids is 1. The number of hydrogen-bond donors (Lipinski definition) is 3. The third kappa shape index (κ3) is 2.00. The summed E-state index contributed by atoms with van der Waals surface area (Å²) >= 11 is 0. The summed E-state index contributed by atoms with van der Waals surface area (Å²) in [6.45, 7) is -0.664. The molecule has 0 fully saturated rings. The summed E-state index contributed by atoms with van der Waals surface area (Å²) in [5, 5.41) is 32.8. The first-order valence-electron chi connectivity index (χ1n) is 7.81. The predicted octanol–water partition coefficient (Wildman–Crippen LogP) is 0.365. The highest BCUT2D eigenvalue weighted by Gasteiger charge is 2.59. The molecule has 140 valence electrons. The lowest BCUT2D eigenvalue weighted by Crippen LogP contribution is -2.43. The van der Waals surface area contributed by atoms with Gasteiger partial charge in [-0.25, -0.2) is 0 Å². The van der Waals surface area contributed by atoms with E-state index in [4.69, 9.17) is 14.9 Å². The molecule has 4 N–H and O–H groups in total. The molecule has 0 radical (unpaired) electrons. The van der Waals surface area contributed by atoms with Crippen molar-refractivity contribution in [1.82, 2.24) is 0 Å². The first-order valence-corrected chi connectivity index (χ1v) is 7.81. The van der Waals surface area contributed by atoms with Crippen LogP contribution in [0.1, 0.15) is 17.1 Å². The van der Waals surface area contributed by atoms with E-state index in [1.165, 1.54) is 12.1 Å². The average Bonchev–Trinajstić information content (AvgIpc) is 2.95. The van der Waals surface area contributed by atoms with Crippen molar-refractivity contribution in [3.8, 4) is 11.8 Å². The van der Waals surface area contributed by atoms with Crippen LogP contribution >= 0.6 is 0 Å². The summed E-state index contributed by atoms with van der Waals surface area (Å²) in [6.07, 6.45) is 0. The summed E-state index contributed by atoms with van der Waals surface area (Å²) in [4.78, 5) is 36.1. The summed E-state index contributed by atoms with van der Waals surface area (Å²) in [6, 6.07) is 6.31. The summed E-state index contributed by atoms with van der Waals surface area (Å²) in [5.74, 6) is -2.32. The van der Waals surface area contributed by atoms with Crippen molar-refractivity contribution in [2.75, 3.05) is 5.32 Å². The van der Waals surface area contributed by atoms with Crippen molar-refractivity contribution >= 4 is 17.3 Å². The van der Waals surface area contributed by atoms with Crippen molar-refractivity contribution in [1.29, 1.82) is 5.26 Å². The highest BCUT2D eigenvalue weighted by molar-refractivity contribution is 6.12. The number of fused-ring (bicyclic) bond motifs is 4. The van der Waals surface area contributed by atoms with Crippen molar-refractivity contribution in [3.05, 3.63) is 73.1 Å². The maximum absolute atomic E-state index is 13.1. The lowest BCUT2D eigenvalue weighted by atomic mass is 9.71. The van der Waals surface area contributed by atoms with Gasteiger partial charge < -0.3 is 25.3 Å². The Labute approximate surface area is 155 Å². The number of nitrogens with one attached hydrogen (secondary N) is 1. The minimum absolute atomic E-state index is 0.00832. The Kier molecular flexibility index (Phi) is 3.49. The molecule has 1 atom stereocenters. The molecule has 1 spiro atoms. The van der Waals surface area contributed by atoms with Crippen molar-refractivity contribution in [2.24, 2.45) is 5.73 Å². The standard InChI is InChI=1S/C17H10N4O7/c18-5-10-15(19)28-13-12(23)4-8(6-22)27-14(13)17(10)9-3-7(21(25)26)1-2-11(9)20-16(17)24/h1-4,22H,6,19H2,(H,20,24)/t17-/m0/s1. The molecule has 1 aromatic carbocycles. The number of nitrogens with two attached hydrogens (primary N) is 1. The van der Waals surface area contributed by atoms with Crippen LogP contribution in [0.3, 0.4) is 0 Å². The molecule has 3 heterocycles. The number of benzene rings is 1. The zero-order valence-electron chi connectivity index (χ0n) is 13.9. The first kappa shape index (κ1) is 17.3. The lowest BCUT2D eigenvalue weighted by Gasteiger charge is -2.31. The lowest BCUT2D eigenvalue weighted by molar-refractivity contribution is -0.384. The molecule has 0 saturated carbocycles. The third-order valence-electron chi connectivity index (χ3n) is 4.60. The van der Waals surface area contributed by atoms with Gasteiger partial charge in [-0.3, -0.25) is 19.7 Å². The number of rotatable bonds is 2. The van der Waals surface area contributed by atoms with Gasteiger partial charge in [0.1, 0.15) is 24.0 Å². The van der Waals surface area contributed by atoms with Crippen LogP contribution in [-0.2, 0) is 16.8 Å². The molecule has 2 aliphatic heterocycles. The number of hydrogen-bond acceptors (Lipinski definition) is 9. The van der Waals surface area contributed by atoms with Crippen molar-refractivity contribution < 1.29 is 24.0 Å². The van der Waals surface area contributed by atoms with Crippen LogP contribution in [0.15, 0.2) is 44.9 Å². The fourth-order valence-electron chi connectivity index (χ4n) is 3.43. The predicted molar refractivity (Wildman–Crippen MR) is 90.9 cm³/mol. The van der Waals surface area contributed by atoms with Gasteiger partial charge in [-0.1, -0.05) is 0 Å². The quantitative estimate of drug-likeness (QED) is 0.488. The molecule has 2 aromatic rings. The van der Waals surface area contributed by atoms with Gasteiger partial charge in [0.05, 0.1) is 4.92 Å². The maximum Gasteiger partial charge on any atom is 0.269 e. The van der Waals surface area contributed by atoms with E-state index >= 15 is 0 Å². The number of amides is 1. The molecule has 0 aliphatic carbocycles. The second-order valence-corrected chi connectivity index (χ2v) is 6.04. The molecular formula is C17H10N4O7. The number of nitrogens with zero attached hydrogens (tertiary/aromatic N) is 2. The molecule has 11 nitrogen and oxygen atoms in total. The Morgan fingerprint density at radius 3 is 2.75 bits per heavy atom. The number of non-ortho nitro benzene ring substituents is 1. The van der Waals surface area contributed by atoms with Gasteiger partial charge in [-0.2, -0.15) is 5.26 Å². The maximum atomic E-state index is 13.1. The number of ether oxygens (including phenoxy) is 1. The molecule has 0 bridgehead atoms. The van der Waals surface area contributed by atoms with Crippen LogP contribution in [0.4, 0.5) is 11.4 Å². The molecule has 0 unspecified atom stereocenters. The number of aliphatic hydroxyl groups excluding tert-OH is 1. The van der Waals surface area contributed by atoms with Crippen molar-refractivity contribution in [3.63, 3.8) is 0 Å². The smallest absolute Gasteiger partial charge is 0.269 e. The van der Waals surface area contributed by atoms with E-state index in [1.807, 2.05) is 0 Å². The number of nitro groups is 1. The topological polar surface area (TPSA) is 182 Å². The van der Waals surface area contributed by atoms with Crippen LogP contribution < -0.4 is 21.2 Å². The zero-order valence-corrected chi connectivity index (χ0v) is 13.9. The second kappa shape index (κ2) is 5.66. The van der Waals surface area contributed by atoms with E-state index in [2.05, 4.69) is 5.32 Å². The molecule has 11 heteroatoms. The Hall–Kier alpha value is -4.17. The van der Waals surface area contributed by atoms with Gasteiger partial charge in [0.15, 0.2) is 11.2 Å². The van der Waals surface area contributed by atoms with E-state index in [9.17, 15) is 30.1 Å². The Morgan fingerprint density at radius 1 is 1.36 bits per heavy atom. The molecule has 28 heavy (non-hydrogen) atoms. The Morgan fingerprint density at radius 2 is 2.11 bits per heavy atom. The SMILES string of the molecule is N#CC1=C(N)Oc2c(oc(CO)cc2=O)[C@@]12C(=O)Nc1ccc([N+](=O)[O-])cc12. The minimum Gasteiger partial charge on any atom is -0.457 e. The Balaban J connectivity index is 2.18. The average molecular weight is 382 g/mol. The second-order valence-electron chi connectivity index (χ2n) is 6.04. The molecule has 2 aliphatic rings. The van der Waals surface area contributed by atoms with Gasteiger partial charge in [-0.15, -0.1) is 0 Å². The Bertz CT molecular complexity index is 1210. The summed E-state index contributed by atoms with van der Waals surface area (Å²) in [7, 11) is 0. The van der Waals surface area contributed by atoms with Crippen molar-refractivity contribution in [2.45, 2.75) is 12.0 Å². The summed E-state index contributed by atoms with van der Waals surface area (Å²) < 4.78 is 10.8. The van der Waals surface area contributed by atoms with Crippen LogP contribution in [0, 0.1) is 21.4 Å². The number of nitro benzene ring substituents is 1. The van der Waals surface area contributed by atoms with E-state index in [0.717, 1.165) is 12.1 Å². The van der Waals surface area contributed by atoms with Gasteiger partial charge in [0.2, 0.25) is 23.0 Å². The van der Waals surface area contributed by atoms with Crippen LogP contribution in [0.25, 0.3) is 0 Å². The molecule has 1 amide bonds. The van der Waals surface area contributed by atoms with E-state index in [1.54, 1.807) is 6.07 Å². The van der Waals surface area contributed by atoms with Gasteiger partial charge in [-0.05, 0) is 6.07 Å². The number of carbonyl (C=O) groups is 1. The fraction of sp³-hybridized carbons (Fsp3) is 0.118. The van der Waals surface area contributed by atoms with E-state index < -0.39 is 45.5 Å². The monoisotopic (exact) mass is 382 g/mol.